The van der Waals surface area contributed by atoms with Crippen molar-refractivity contribution in [2.45, 2.75) is 32.8 Å². The minimum atomic E-state index is -1.03. The molecule has 108 valence electrons. The molecule has 1 N–H and O–H groups in total. The molecule has 0 aliphatic heterocycles. The third-order valence-electron chi connectivity index (χ3n) is 2.34. The Labute approximate surface area is 117 Å². The number of carbonyl (C=O) groups excluding carboxylic acids is 1. The Morgan fingerprint density at radius 2 is 2.05 bits per heavy atom. The van der Waals surface area contributed by atoms with Crippen molar-refractivity contribution < 1.29 is 24.2 Å². The van der Waals surface area contributed by atoms with Crippen molar-refractivity contribution in [1.82, 2.24) is 0 Å². The summed E-state index contributed by atoms with van der Waals surface area (Å²) >= 11 is 0. The lowest BCUT2D eigenvalue weighted by Gasteiger charge is -2.13. The zero-order valence-electron chi connectivity index (χ0n) is 11.6. The van der Waals surface area contributed by atoms with Gasteiger partial charge in [0.2, 0.25) is 0 Å². The highest BCUT2D eigenvalue weighted by Gasteiger charge is 2.10. The van der Waals surface area contributed by atoms with Crippen molar-refractivity contribution >= 4 is 18.0 Å². The van der Waals surface area contributed by atoms with Gasteiger partial charge in [0, 0.05) is 5.56 Å². The van der Waals surface area contributed by atoms with E-state index >= 15 is 0 Å². The number of ether oxygens (including phenoxy) is 2. The minimum Gasteiger partial charge on any atom is -0.490 e. The van der Waals surface area contributed by atoms with Crippen molar-refractivity contribution in [3.8, 4) is 11.5 Å². The molecule has 0 radical (unpaired) electrons. The van der Waals surface area contributed by atoms with E-state index in [0.29, 0.717) is 17.1 Å². The number of carboxylic acid groups (broad SMARTS) is 1. The van der Waals surface area contributed by atoms with Crippen LogP contribution in [0.1, 0.15) is 32.3 Å². The molecule has 0 saturated heterocycles. The highest BCUT2D eigenvalue weighted by Crippen LogP contribution is 2.26. The van der Waals surface area contributed by atoms with E-state index in [1.54, 1.807) is 24.3 Å². The van der Waals surface area contributed by atoms with Gasteiger partial charge in [-0.15, -0.1) is 0 Å². The molecule has 0 aliphatic carbocycles. The Morgan fingerprint density at radius 1 is 1.35 bits per heavy atom. The number of aliphatic carboxylic acids is 1. The fraction of sp³-hybridized carbons (Fsp3) is 0.333. The first-order chi connectivity index (χ1) is 9.42. The third-order valence-corrected chi connectivity index (χ3v) is 2.34. The first-order valence-electron chi connectivity index (χ1n) is 6.28. The Bertz CT molecular complexity index is 505. The number of hydrogen-bond donors (Lipinski definition) is 1. The minimum absolute atomic E-state index is 0.0256. The van der Waals surface area contributed by atoms with Crippen LogP contribution in [0.4, 0.5) is 0 Å². The highest BCUT2D eigenvalue weighted by atomic mass is 16.5. The Balaban J connectivity index is 2.75. The van der Waals surface area contributed by atoms with E-state index in [2.05, 4.69) is 6.58 Å². The normalized spacial score (nSPS) is 10.2. The van der Waals surface area contributed by atoms with Crippen LogP contribution in [-0.2, 0) is 9.59 Å². The van der Waals surface area contributed by atoms with E-state index in [1.807, 2.05) is 13.8 Å². The molecule has 5 nitrogen and oxygen atoms in total. The van der Waals surface area contributed by atoms with Crippen molar-refractivity contribution in [3.05, 3.63) is 30.3 Å². The van der Waals surface area contributed by atoms with Gasteiger partial charge >= 0.3 is 11.9 Å². The van der Waals surface area contributed by atoms with E-state index in [0.717, 1.165) is 0 Å². The SMILES string of the molecule is C=Cc1cc(OC(=O)CCC(=O)O)ccc1OC(C)C. The number of carboxylic acids is 1. The Morgan fingerprint density at radius 3 is 2.60 bits per heavy atom. The molecule has 1 aromatic carbocycles. The molecule has 0 aromatic heterocycles. The van der Waals surface area contributed by atoms with Gasteiger partial charge < -0.3 is 14.6 Å². The molecule has 0 heterocycles. The maximum Gasteiger partial charge on any atom is 0.311 e. The van der Waals surface area contributed by atoms with Crippen molar-refractivity contribution in [2.75, 3.05) is 0 Å². The molecule has 0 fully saturated rings. The lowest BCUT2D eigenvalue weighted by atomic mass is 10.2. The number of benzene rings is 1. The van der Waals surface area contributed by atoms with Crippen LogP contribution in [0.2, 0.25) is 0 Å². The van der Waals surface area contributed by atoms with Crippen molar-refractivity contribution in [2.24, 2.45) is 0 Å². The Kier molecular flexibility index (Phi) is 5.77. The van der Waals surface area contributed by atoms with Crippen LogP contribution in [0.5, 0.6) is 11.5 Å². The first kappa shape index (κ1) is 15.8. The maximum absolute atomic E-state index is 11.4. The lowest BCUT2D eigenvalue weighted by Crippen LogP contribution is -2.11. The summed E-state index contributed by atoms with van der Waals surface area (Å²) in [7, 11) is 0. The van der Waals surface area contributed by atoms with Gasteiger partial charge in [-0.3, -0.25) is 9.59 Å². The zero-order chi connectivity index (χ0) is 15.1. The predicted molar refractivity (Wildman–Crippen MR) is 74.8 cm³/mol. The summed E-state index contributed by atoms with van der Waals surface area (Å²) < 4.78 is 10.6. The van der Waals surface area contributed by atoms with Crippen LogP contribution < -0.4 is 9.47 Å². The summed E-state index contributed by atoms with van der Waals surface area (Å²) in [6.07, 6.45) is 1.22. The fourth-order valence-corrected chi connectivity index (χ4v) is 1.50. The monoisotopic (exact) mass is 278 g/mol. The van der Waals surface area contributed by atoms with Crippen LogP contribution in [0.25, 0.3) is 6.08 Å². The van der Waals surface area contributed by atoms with Gasteiger partial charge in [-0.05, 0) is 32.0 Å². The van der Waals surface area contributed by atoms with E-state index < -0.39 is 11.9 Å². The highest BCUT2D eigenvalue weighted by molar-refractivity contribution is 5.78. The van der Waals surface area contributed by atoms with Gasteiger partial charge in [-0.2, -0.15) is 0 Å². The van der Waals surface area contributed by atoms with E-state index in [4.69, 9.17) is 14.6 Å². The van der Waals surface area contributed by atoms with Gasteiger partial charge in [0.25, 0.3) is 0 Å². The number of carbonyl (C=O) groups is 2. The average molecular weight is 278 g/mol. The smallest absolute Gasteiger partial charge is 0.311 e. The van der Waals surface area contributed by atoms with Crippen LogP contribution in [-0.4, -0.2) is 23.1 Å². The van der Waals surface area contributed by atoms with Crippen LogP contribution >= 0.6 is 0 Å². The van der Waals surface area contributed by atoms with E-state index in [-0.39, 0.29) is 18.9 Å². The summed E-state index contributed by atoms with van der Waals surface area (Å²) in [5, 5.41) is 8.49. The van der Waals surface area contributed by atoms with Gasteiger partial charge in [0.1, 0.15) is 11.5 Å². The maximum atomic E-state index is 11.4. The molecule has 20 heavy (non-hydrogen) atoms. The zero-order valence-corrected chi connectivity index (χ0v) is 11.6. The average Bonchev–Trinajstić information content (AvgIpc) is 2.37. The third kappa shape index (κ3) is 5.14. The first-order valence-corrected chi connectivity index (χ1v) is 6.28. The molecule has 0 saturated carbocycles. The molecule has 0 amide bonds. The molecule has 1 aromatic rings. The van der Waals surface area contributed by atoms with E-state index in [9.17, 15) is 9.59 Å². The molecular formula is C15H18O5. The topological polar surface area (TPSA) is 72.8 Å². The Hall–Kier alpha value is -2.30. The predicted octanol–water partition coefficient (Wildman–Crippen LogP) is 2.89. The number of hydrogen-bond acceptors (Lipinski definition) is 4. The number of rotatable bonds is 7. The van der Waals surface area contributed by atoms with Gasteiger partial charge in [-0.25, -0.2) is 0 Å². The molecular weight excluding hydrogens is 260 g/mol. The van der Waals surface area contributed by atoms with Crippen LogP contribution in [0, 0.1) is 0 Å². The fourth-order valence-electron chi connectivity index (χ4n) is 1.50. The molecule has 5 heteroatoms. The van der Waals surface area contributed by atoms with Crippen molar-refractivity contribution in [3.63, 3.8) is 0 Å². The second-order valence-corrected chi connectivity index (χ2v) is 4.44. The second kappa shape index (κ2) is 7.33. The summed E-state index contributed by atoms with van der Waals surface area (Å²) in [5.41, 5.74) is 0.710. The molecule has 0 aliphatic rings. The molecule has 0 unspecified atom stereocenters. The van der Waals surface area contributed by atoms with Crippen LogP contribution in [0.3, 0.4) is 0 Å². The molecule has 0 spiro atoms. The van der Waals surface area contributed by atoms with Gasteiger partial charge in [-0.1, -0.05) is 12.7 Å². The quantitative estimate of drug-likeness (QED) is 0.613. The molecule has 1 rings (SSSR count). The van der Waals surface area contributed by atoms with Gasteiger partial charge in [0.05, 0.1) is 18.9 Å². The van der Waals surface area contributed by atoms with Crippen molar-refractivity contribution in [1.29, 1.82) is 0 Å². The van der Waals surface area contributed by atoms with Gasteiger partial charge in [0.15, 0.2) is 0 Å². The second-order valence-electron chi connectivity index (χ2n) is 4.44. The summed E-state index contributed by atoms with van der Waals surface area (Å²) in [6.45, 7) is 7.50. The molecule has 0 bridgehead atoms. The summed E-state index contributed by atoms with van der Waals surface area (Å²) in [5.74, 6) is -0.624. The number of esters is 1. The summed E-state index contributed by atoms with van der Waals surface area (Å²) in [4.78, 5) is 21.8. The lowest BCUT2D eigenvalue weighted by molar-refractivity contribution is -0.142. The van der Waals surface area contributed by atoms with E-state index in [1.165, 1.54) is 0 Å². The summed E-state index contributed by atoms with van der Waals surface area (Å²) in [6, 6.07) is 4.92. The standard InChI is InChI=1S/C15H18O5/c1-4-11-9-12(5-6-13(11)19-10(2)3)20-15(18)8-7-14(16)17/h4-6,9-10H,1,7-8H2,2-3H3,(H,16,17). The van der Waals surface area contributed by atoms with Crippen LogP contribution in [0.15, 0.2) is 24.8 Å². The molecule has 0 atom stereocenters. The largest absolute Gasteiger partial charge is 0.490 e.